The number of benzene rings is 2. The minimum Gasteiger partial charge on any atom is -0.465 e. The number of carbonyl (C=O) groups is 3. The summed E-state index contributed by atoms with van der Waals surface area (Å²) >= 11 is 0. The van der Waals surface area contributed by atoms with Gasteiger partial charge in [0.1, 0.15) is 11.2 Å². The van der Waals surface area contributed by atoms with E-state index in [0.717, 1.165) is 44.1 Å². The van der Waals surface area contributed by atoms with Crippen LogP contribution in [0.3, 0.4) is 0 Å². The summed E-state index contributed by atoms with van der Waals surface area (Å²) in [5.74, 6) is 0.246. The zero-order chi connectivity index (χ0) is 34.4. The predicted molar refractivity (Wildman–Crippen MR) is 185 cm³/mol. The Labute approximate surface area is 281 Å². The molecule has 0 aromatic heterocycles. The molecule has 0 aliphatic heterocycles. The second-order valence-electron chi connectivity index (χ2n) is 15.0. The first-order valence-electron chi connectivity index (χ1n) is 17.1. The fourth-order valence-corrected chi connectivity index (χ4v) is 6.47. The van der Waals surface area contributed by atoms with Crippen LogP contribution in [0, 0.1) is 11.8 Å². The number of carbonyl (C=O) groups excluding carboxylic acids is 3. The van der Waals surface area contributed by atoms with Gasteiger partial charge < -0.3 is 24.0 Å². The molecule has 0 spiro atoms. The van der Waals surface area contributed by atoms with Gasteiger partial charge in [-0.1, -0.05) is 61.0 Å². The van der Waals surface area contributed by atoms with Gasteiger partial charge in [-0.2, -0.15) is 0 Å². The predicted octanol–water partition coefficient (Wildman–Crippen LogP) is 8.89. The van der Waals surface area contributed by atoms with Crippen molar-refractivity contribution in [2.75, 3.05) is 13.7 Å². The van der Waals surface area contributed by atoms with Gasteiger partial charge in [0.15, 0.2) is 0 Å². The number of esters is 1. The highest BCUT2D eigenvalue weighted by Crippen LogP contribution is 2.45. The summed E-state index contributed by atoms with van der Waals surface area (Å²) in [4.78, 5) is 42.8. The topological polar surface area (TPSA) is 85.4 Å². The molecule has 0 saturated heterocycles. The quantitative estimate of drug-likeness (QED) is 0.189. The maximum Gasteiger partial charge on any atom is 0.410 e. The molecule has 0 radical (unpaired) electrons. The van der Waals surface area contributed by atoms with Gasteiger partial charge in [0.25, 0.3) is 0 Å². The summed E-state index contributed by atoms with van der Waals surface area (Å²) < 4.78 is 16.6. The molecule has 47 heavy (non-hydrogen) atoms. The first kappa shape index (κ1) is 36.0. The monoisotopic (exact) mass is 646 g/mol. The number of hydrogen-bond acceptors (Lipinski definition) is 6. The molecule has 256 valence electrons. The Hall–Kier alpha value is -3.81. The Balaban J connectivity index is 1.46. The fourth-order valence-electron chi connectivity index (χ4n) is 6.47. The molecule has 2 atom stereocenters. The van der Waals surface area contributed by atoms with E-state index in [-0.39, 0.29) is 24.3 Å². The average molecular weight is 647 g/mol. The van der Waals surface area contributed by atoms with Crippen LogP contribution in [0.1, 0.15) is 108 Å². The Morgan fingerprint density at radius 2 is 1.38 bits per heavy atom. The molecule has 0 heterocycles. The molecule has 8 heteroatoms. The summed E-state index contributed by atoms with van der Waals surface area (Å²) in [5, 5.41) is 0. The number of methoxy groups -OCH3 is 1. The van der Waals surface area contributed by atoms with Gasteiger partial charge in [-0.15, -0.1) is 0 Å². The minimum absolute atomic E-state index is 0.00512. The van der Waals surface area contributed by atoms with Gasteiger partial charge in [0.05, 0.1) is 12.7 Å². The van der Waals surface area contributed by atoms with Gasteiger partial charge in [0, 0.05) is 31.1 Å². The maximum absolute atomic E-state index is 13.6. The zero-order valence-electron chi connectivity index (χ0n) is 29.6. The SMILES string of the molecule is CC/C(=C\c1ccccc1)C1CC1N(C[C@H]1CC[C@H](N(Cc2ccc(C(=O)OC)cc2)C(=O)OC(C)(C)C)CC1)C(=O)OC(C)(C)C. The van der Waals surface area contributed by atoms with E-state index in [4.69, 9.17) is 14.2 Å². The van der Waals surface area contributed by atoms with Crippen LogP contribution in [-0.2, 0) is 20.8 Å². The van der Waals surface area contributed by atoms with E-state index in [0.29, 0.717) is 30.5 Å². The highest BCUT2D eigenvalue weighted by Gasteiger charge is 2.47. The molecule has 2 aliphatic rings. The number of rotatable bonds is 10. The fraction of sp³-hybridized carbons (Fsp3) is 0.564. The van der Waals surface area contributed by atoms with Crippen LogP contribution in [0.15, 0.2) is 60.2 Å². The molecule has 2 fully saturated rings. The summed E-state index contributed by atoms with van der Waals surface area (Å²) in [6.45, 7) is 14.6. The van der Waals surface area contributed by atoms with Gasteiger partial charge in [-0.05, 0) is 109 Å². The number of nitrogens with zero attached hydrogens (tertiary/aromatic N) is 2. The van der Waals surface area contributed by atoms with Crippen LogP contribution in [0.25, 0.3) is 6.08 Å². The number of ether oxygens (including phenoxy) is 3. The van der Waals surface area contributed by atoms with E-state index >= 15 is 0 Å². The standard InChI is InChI=1S/C39H54N2O6/c1-9-30(23-27-13-11-10-12-14-27)33-24-34(33)41(37(44)47-39(5,6)7)26-29-17-21-32(22-18-29)40(36(43)46-38(2,3)4)25-28-15-19-31(20-16-28)35(42)45-8/h10-16,19-20,23,29,32-34H,9,17-18,21-22,24-26H2,1-8H3/b30-23+/t29-,32-,33?,34?. The van der Waals surface area contributed by atoms with Crippen LogP contribution in [-0.4, -0.2) is 64.9 Å². The zero-order valence-corrected chi connectivity index (χ0v) is 29.6. The first-order valence-corrected chi connectivity index (χ1v) is 17.1. The smallest absolute Gasteiger partial charge is 0.410 e. The van der Waals surface area contributed by atoms with E-state index in [9.17, 15) is 14.4 Å². The molecular formula is C39H54N2O6. The van der Waals surface area contributed by atoms with E-state index in [1.807, 2.05) is 69.5 Å². The third-order valence-electron chi connectivity index (χ3n) is 8.89. The highest BCUT2D eigenvalue weighted by molar-refractivity contribution is 5.89. The largest absolute Gasteiger partial charge is 0.465 e. The van der Waals surface area contributed by atoms with Crippen molar-refractivity contribution in [3.8, 4) is 0 Å². The molecule has 2 saturated carbocycles. The maximum atomic E-state index is 13.6. The van der Waals surface area contributed by atoms with Crippen molar-refractivity contribution in [3.05, 3.63) is 76.9 Å². The third-order valence-corrected chi connectivity index (χ3v) is 8.89. The van der Waals surface area contributed by atoms with Crippen LogP contribution in [0.4, 0.5) is 9.59 Å². The van der Waals surface area contributed by atoms with Gasteiger partial charge in [0.2, 0.25) is 0 Å². The lowest BCUT2D eigenvalue weighted by Crippen LogP contribution is -2.46. The van der Waals surface area contributed by atoms with Crippen molar-refractivity contribution in [2.24, 2.45) is 11.8 Å². The summed E-state index contributed by atoms with van der Waals surface area (Å²) in [5.41, 5.74) is 2.74. The molecule has 2 aliphatic carbocycles. The molecule has 2 amide bonds. The van der Waals surface area contributed by atoms with Crippen LogP contribution >= 0.6 is 0 Å². The Bertz CT molecular complexity index is 1380. The van der Waals surface area contributed by atoms with Gasteiger partial charge in [-0.25, -0.2) is 14.4 Å². The van der Waals surface area contributed by atoms with Gasteiger partial charge in [-0.3, -0.25) is 0 Å². The molecular weight excluding hydrogens is 592 g/mol. The van der Waals surface area contributed by atoms with E-state index in [1.165, 1.54) is 18.2 Å². The second kappa shape index (κ2) is 15.4. The average Bonchev–Trinajstić information content (AvgIpc) is 3.80. The Kier molecular flexibility index (Phi) is 11.8. The molecule has 8 nitrogen and oxygen atoms in total. The molecule has 2 unspecified atom stereocenters. The van der Waals surface area contributed by atoms with Crippen molar-refractivity contribution in [1.29, 1.82) is 0 Å². The first-order chi connectivity index (χ1) is 22.2. The second-order valence-corrected chi connectivity index (χ2v) is 15.0. The van der Waals surface area contributed by atoms with Gasteiger partial charge >= 0.3 is 18.2 Å². The van der Waals surface area contributed by atoms with Crippen LogP contribution in [0.2, 0.25) is 0 Å². The summed E-state index contributed by atoms with van der Waals surface area (Å²) in [7, 11) is 1.36. The van der Waals surface area contributed by atoms with Crippen molar-refractivity contribution < 1.29 is 28.6 Å². The summed E-state index contributed by atoms with van der Waals surface area (Å²) in [6.07, 6.45) is 6.99. The van der Waals surface area contributed by atoms with Crippen molar-refractivity contribution in [2.45, 2.75) is 117 Å². The summed E-state index contributed by atoms with van der Waals surface area (Å²) in [6, 6.07) is 17.7. The molecule has 4 rings (SSSR count). The van der Waals surface area contributed by atoms with Crippen LogP contribution < -0.4 is 0 Å². The highest BCUT2D eigenvalue weighted by atomic mass is 16.6. The van der Waals surface area contributed by atoms with E-state index < -0.39 is 17.2 Å². The lowest BCUT2D eigenvalue weighted by molar-refractivity contribution is 0.00499. The lowest BCUT2D eigenvalue weighted by Gasteiger charge is -2.39. The molecule has 2 aromatic rings. The lowest BCUT2D eigenvalue weighted by atomic mass is 9.84. The van der Waals surface area contributed by atoms with Crippen molar-refractivity contribution in [3.63, 3.8) is 0 Å². The van der Waals surface area contributed by atoms with Crippen molar-refractivity contribution >= 4 is 24.2 Å². The Morgan fingerprint density at radius 1 is 0.809 bits per heavy atom. The third kappa shape index (κ3) is 10.6. The van der Waals surface area contributed by atoms with Crippen LogP contribution in [0.5, 0.6) is 0 Å². The van der Waals surface area contributed by atoms with E-state index in [1.54, 1.807) is 12.1 Å². The normalized spacial score (nSPS) is 21.4. The van der Waals surface area contributed by atoms with E-state index in [2.05, 4.69) is 37.3 Å². The molecule has 0 bridgehead atoms. The minimum atomic E-state index is -0.623. The molecule has 0 N–H and O–H groups in total. The van der Waals surface area contributed by atoms with Crippen molar-refractivity contribution in [1.82, 2.24) is 9.80 Å². The number of hydrogen-bond donors (Lipinski definition) is 0. The Morgan fingerprint density at radius 3 is 1.91 bits per heavy atom. The number of amides is 2. The molecule has 2 aromatic carbocycles.